The number of amides is 4. The van der Waals surface area contributed by atoms with Crippen molar-refractivity contribution in [3.8, 4) is 10.6 Å². The smallest absolute Gasteiger partial charge is 0.409 e. The lowest BCUT2D eigenvalue weighted by Gasteiger charge is -2.25. The number of ether oxygens (including phenoxy) is 1. The van der Waals surface area contributed by atoms with Gasteiger partial charge in [-0.05, 0) is 48.4 Å². The molecule has 0 aliphatic carbocycles. The highest BCUT2D eigenvalue weighted by atomic mass is 32.1. The van der Waals surface area contributed by atoms with Crippen LogP contribution in [0.3, 0.4) is 0 Å². The van der Waals surface area contributed by atoms with Gasteiger partial charge in [0, 0.05) is 35.4 Å². The number of benzene rings is 2. The van der Waals surface area contributed by atoms with Gasteiger partial charge in [-0.25, -0.2) is 9.78 Å². The van der Waals surface area contributed by atoms with Crippen molar-refractivity contribution >= 4 is 67.4 Å². The number of hydrogen-bond donors (Lipinski definition) is 1. The van der Waals surface area contributed by atoms with E-state index in [1.807, 2.05) is 24.3 Å². The highest BCUT2D eigenvalue weighted by molar-refractivity contribution is 7.23. The number of imide groups is 1. The van der Waals surface area contributed by atoms with Gasteiger partial charge in [0.15, 0.2) is 0 Å². The number of methoxy groups -OCH3 is 1. The lowest BCUT2D eigenvalue weighted by molar-refractivity contribution is -0.121. The number of carbonyl (C=O) groups excluding carboxylic acids is 4. The number of carbonyl (C=O) groups is 4. The monoisotopic (exact) mass is 546 g/mol. The minimum Gasteiger partial charge on any atom is -0.453 e. The number of anilines is 2. The van der Waals surface area contributed by atoms with E-state index < -0.39 is 0 Å². The van der Waals surface area contributed by atoms with Crippen LogP contribution in [0.15, 0.2) is 48.5 Å². The largest absolute Gasteiger partial charge is 0.453 e. The molecular weight excluding hydrogens is 524 g/mol. The van der Waals surface area contributed by atoms with Crippen molar-refractivity contribution < 1.29 is 23.9 Å². The number of hydrogen-bond acceptors (Lipinski definition) is 8. The summed E-state index contributed by atoms with van der Waals surface area (Å²) in [6.07, 6.45) is 0.637. The van der Waals surface area contributed by atoms with Crippen LogP contribution in [0.4, 0.5) is 15.5 Å². The summed E-state index contributed by atoms with van der Waals surface area (Å²) in [6.45, 7) is 0.907. The SMILES string of the molecule is COC(=O)N1CCc2c(sc(NC(=O)c3ccc(N4C(=O)CCC4=O)cc3)c2-c2nc3ccccc3s2)C1. The Kier molecular flexibility index (Phi) is 6.16. The average molecular weight is 547 g/mol. The molecule has 6 rings (SSSR count). The van der Waals surface area contributed by atoms with E-state index in [0.29, 0.717) is 35.8 Å². The van der Waals surface area contributed by atoms with E-state index in [4.69, 9.17) is 9.72 Å². The molecule has 11 heteroatoms. The van der Waals surface area contributed by atoms with Gasteiger partial charge in [-0.3, -0.25) is 19.3 Å². The third-order valence-electron chi connectivity index (χ3n) is 6.66. The molecule has 0 unspecified atom stereocenters. The zero-order chi connectivity index (χ0) is 26.4. The van der Waals surface area contributed by atoms with Gasteiger partial charge >= 0.3 is 6.09 Å². The van der Waals surface area contributed by atoms with Gasteiger partial charge in [-0.15, -0.1) is 22.7 Å². The second-order valence-electron chi connectivity index (χ2n) is 8.96. The van der Waals surface area contributed by atoms with E-state index in [2.05, 4.69) is 5.32 Å². The minimum absolute atomic E-state index is 0.200. The Morgan fingerprint density at radius 1 is 0.974 bits per heavy atom. The lowest BCUT2D eigenvalue weighted by Crippen LogP contribution is -2.35. The maximum absolute atomic E-state index is 13.3. The maximum atomic E-state index is 13.3. The fraction of sp³-hybridized carbons (Fsp3) is 0.222. The third kappa shape index (κ3) is 4.23. The number of para-hydroxylation sites is 1. The van der Waals surface area contributed by atoms with Crippen LogP contribution >= 0.6 is 22.7 Å². The Morgan fingerprint density at radius 3 is 2.42 bits per heavy atom. The molecule has 192 valence electrons. The summed E-state index contributed by atoms with van der Waals surface area (Å²) in [5.41, 5.74) is 3.70. The van der Waals surface area contributed by atoms with Gasteiger partial charge in [0.05, 0.1) is 29.6 Å². The van der Waals surface area contributed by atoms with Crippen LogP contribution in [0, 0.1) is 0 Å². The van der Waals surface area contributed by atoms with Crippen LogP contribution < -0.4 is 10.2 Å². The number of rotatable bonds is 4. The van der Waals surface area contributed by atoms with Gasteiger partial charge in [-0.2, -0.15) is 0 Å². The topological polar surface area (TPSA) is 109 Å². The van der Waals surface area contributed by atoms with Crippen molar-refractivity contribution in [2.75, 3.05) is 23.9 Å². The highest BCUT2D eigenvalue weighted by Crippen LogP contribution is 2.46. The molecule has 1 fully saturated rings. The van der Waals surface area contributed by atoms with E-state index in [9.17, 15) is 19.2 Å². The number of aromatic nitrogens is 1. The number of fused-ring (bicyclic) bond motifs is 2. The molecular formula is C27H22N4O5S2. The van der Waals surface area contributed by atoms with Gasteiger partial charge in [0.25, 0.3) is 5.91 Å². The van der Waals surface area contributed by atoms with Crippen molar-refractivity contribution in [3.63, 3.8) is 0 Å². The molecule has 4 aromatic rings. The quantitative estimate of drug-likeness (QED) is 0.359. The van der Waals surface area contributed by atoms with Gasteiger partial charge in [0.1, 0.15) is 10.0 Å². The highest BCUT2D eigenvalue weighted by Gasteiger charge is 2.31. The molecule has 0 atom stereocenters. The first kappa shape index (κ1) is 24.3. The zero-order valence-corrected chi connectivity index (χ0v) is 22.0. The summed E-state index contributed by atoms with van der Waals surface area (Å²) in [5.74, 6) is -0.794. The molecule has 0 bridgehead atoms. The average Bonchev–Trinajstić information content (AvgIpc) is 3.61. The number of nitrogens with one attached hydrogen (secondary N) is 1. The Labute approximate surface area is 225 Å². The van der Waals surface area contributed by atoms with Gasteiger partial charge in [0.2, 0.25) is 11.8 Å². The first-order chi connectivity index (χ1) is 18.4. The Bertz CT molecular complexity index is 1560. The van der Waals surface area contributed by atoms with Crippen LogP contribution in [0.1, 0.15) is 33.6 Å². The van der Waals surface area contributed by atoms with Gasteiger partial charge < -0.3 is 15.0 Å². The first-order valence-electron chi connectivity index (χ1n) is 12.0. The minimum atomic E-state index is -0.383. The van der Waals surface area contributed by atoms with Gasteiger partial charge in [-0.1, -0.05) is 12.1 Å². The van der Waals surface area contributed by atoms with Crippen molar-refractivity contribution in [3.05, 3.63) is 64.5 Å². The van der Waals surface area contributed by atoms with E-state index >= 15 is 0 Å². The predicted molar refractivity (Wildman–Crippen MR) is 146 cm³/mol. The molecule has 9 nitrogen and oxygen atoms in total. The Balaban J connectivity index is 1.33. The molecule has 2 aliphatic heterocycles. The summed E-state index contributed by atoms with van der Waals surface area (Å²) in [5, 5.41) is 4.53. The molecule has 4 amide bonds. The molecule has 0 radical (unpaired) electrons. The standard InChI is InChI=1S/C27H22N4O5S2/c1-36-27(35)30-13-12-17-20(14-30)38-26(23(17)25-28-18-4-2-3-5-19(18)37-25)29-24(34)15-6-8-16(9-7-15)31-21(32)10-11-22(31)33/h2-9H,10-14H2,1H3,(H,29,34). The Morgan fingerprint density at radius 2 is 1.71 bits per heavy atom. The lowest BCUT2D eigenvalue weighted by atomic mass is 10.0. The number of nitrogens with zero attached hydrogens (tertiary/aromatic N) is 3. The van der Waals surface area contributed by atoms with Crippen LogP contribution in [-0.4, -0.2) is 47.4 Å². The molecule has 2 aromatic heterocycles. The van der Waals surface area contributed by atoms with Crippen molar-refractivity contribution in [1.82, 2.24) is 9.88 Å². The zero-order valence-electron chi connectivity index (χ0n) is 20.4. The van der Waals surface area contributed by atoms with E-state index in [1.165, 1.54) is 18.4 Å². The molecule has 4 heterocycles. The van der Waals surface area contributed by atoms with Crippen LogP contribution in [0.5, 0.6) is 0 Å². The molecule has 1 saturated heterocycles. The Hall–Kier alpha value is -4.09. The fourth-order valence-corrected chi connectivity index (χ4v) is 7.15. The summed E-state index contributed by atoms with van der Waals surface area (Å²) in [4.78, 5) is 58.2. The van der Waals surface area contributed by atoms with Crippen molar-refractivity contribution in [2.45, 2.75) is 25.8 Å². The molecule has 2 aliphatic rings. The van der Waals surface area contributed by atoms with Crippen molar-refractivity contribution in [2.24, 2.45) is 0 Å². The van der Waals surface area contributed by atoms with E-state index in [0.717, 1.165) is 36.1 Å². The maximum Gasteiger partial charge on any atom is 0.409 e. The summed E-state index contributed by atoms with van der Waals surface area (Å²) >= 11 is 3.00. The fourth-order valence-electron chi connectivity index (χ4n) is 4.78. The first-order valence-corrected chi connectivity index (χ1v) is 13.7. The second-order valence-corrected chi connectivity index (χ2v) is 11.1. The van der Waals surface area contributed by atoms with Crippen LogP contribution in [0.2, 0.25) is 0 Å². The molecule has 0 saturated carbocycles. The second kappa shape index (κ2) is 9.66. The van der Waals surface area contributed by atoms with Crippen LogP contribution in [0.25, 0.3) is 20.8 Å². The molecule has 38 heavy (non-hydrogen) atoms. The summed E-state index contributed by atoms with van der Waals surface area (Å²) < 4.78 is 5.96. The molecule has 2 aromatic carbocycles. The van der Waals surface area contributed by atoms with E-state index in [1.54, 1.807) is 40.5 Å². The number of thiophene rings is 1. The normalized spacial score (nSPS) is 15.2. The van der Waals surface area contributed by atoms with Crippen molar-refractivity contribution in [1.29, 1.82) is 0 Å². The third-order valence-corrected chi connectivity index (χ3v) is 8.85. The number of thiazole rings is 1. The van der Waals surface area contributed by atoms with Crippen LogP contribution in [-0.2, 0) is 27.3 Å². The summed E-state index contributed by atoms with van der Waals surface area (Å²) in [7, 11) is 1.37. The van der Waals surface area contributed by atoms with E-state index in [-0.39, 0.29) is 36.7 Å². The predicted octanol–water partition coefficient (Wildman–Crippen LogP) is 5.06. The molecule has 1 N–H and O–H groups in total. The molecule has 0 spiro atoms. The summed E-state index contributed by atoms with van der Waals surface area (Å²) in [6, 6.07) is 14.3.